The lowest BCUT2D eigenvalue weighted by atomic mass is 10.0. The standard InChI is InChI=1S/C18H22Cl3N3O3/c1-5-11-6-8-12(9-7-11)10-13(22-16(25)26-17(2,3)4)14-23-15(27-24-14)18(19,20)21/h6-9,13H,5,10H2,1-4H3,(H,22,25)/t13-/m0/s1. The molecule has 6 nitrogen and oxygen atoms in total. The molecule has 27 heavy (non-hydrogen) atoms. The van der Waals surface area contributed by atoms with E-state index in [9.17, 15) is 4.79 Å². The minimum atomic E-state index is -1.84. The Morgan fingerprint density at radius 1 is 1.19 bits per heavy atom. The van der Waals surface area contributed by atoms with E-state index in [1.807, 2.05) is 24.3 Å². The van der Waals surface area contributed by atoms with Gasteiger partial charge in [0.2, 0.25) is 0 Å². The monoisotopic (exact) mass is 433 g/mol. The average molecular weight is 435 g/mol. The van der Waals surface area contributed by atoms with Crippen LogP contribution >= 0.6 is 34.8 Å². The van der Waals surface area contributed by atoms with Gasteiger partial charge in [-0.25, -0.2) is 4.79 Å². The van der Waals surface area contributed by atoms with Crippen LogP contribution in [-0.4, -0.2) is 21.8 Å². The van der Waals surface area contributed by atoms with Gasteiger partial charge in [0.25, 0.3) is 9.68 Å². The molecule has 1 heterocycles. The Morgan fingerprint density at radius 3 is 2.26 bits per heavy atom. The fourth-order valence-electron chi connectivity index (χ4n) is 2.29. The van der Waals surface area contributed by atoms with E-state index in [1.54, 1.807) is 20.8 Å². The highest BCUT2D eigenvalue weighted by molar-refractivity contribution is 6.66. The maximum atomic E-state index is 12.2. The van der Waals surface area contributed by atoms with Crippen LogP contribution in [0.15, 0.2) is 28.8 Å². The first-order valence-electron chi connectivity index (χ1n) is 8.46. The van der Waals surface area contributed by atoms with Gasteiger partial charge in [0, 0.05) is 6.42 Å². The molecule has 1 aromatic heterocycles. The predicted octanol–water partition coefficient (Wildman–Crippen LogP) is 5.27. The van der Waals surface area contributed by atoms with Crippen molar-refractivity contribution in [2.24, 2.45) is 0 Å². The quantitative estimate of drug-likeness (QED) is 0.649. The van der Waals surface area contributed by atoms with Crippen LogP contribution in [0.2, 0.25) is 0 Å². The zero-order chi connectivity index (χ0) is 20.2. The van der Waals surface area contributed by atoms with Gasteiger partial charge < -0.3 is 14.6 Å². The number of carbonyl (C=O) groups excluding carboxylic acids is 1. The molecule has 0 aliphatic heterocycles. The normalized spacial score (nSPS) is 13.3. The second-order valence-corrected chi connectivity index (χ2v) is 9.31. The van der Waals surface area contributed by atoms with Crippen LogP contribution in [0.25, 0.3) is 0 Å². The molecule has 0 aliphatic carbocycles. The van der Waals surface area contributed by atoms with Crippen molar-refractivity contribution in [1.82, 2.24) is 15.5 Å². The Kier molecular flexibility index (Phi) is 7.00. The molecule has 1 atom stereocenters. The van der Waals surface area contributed by atoms with Gasteiger partial charge in [0.05, 0.1) is 6.04 Å². The molecule has 2 rings (SSSR count). The van der Waals surface area contributed by atoms with Crippen molar-refractivity contribution in [3.63, 3.8) is 0 Å². The van der Waals surface area contributed by atoms with Crippen molar-refractivity contribution in [2.45, 2.75) is 56.0 Å². The summed E-state index contributed by atoms with van der Waals surface area (Å²) >= 11 is 17.4. The summed E-state index contributed by atoms with van der Waals surface area (Å²) < 4.78 is 8.50. The molecule has 0 bridgehead atoms. The lowest BCUT2D eigenvalue weighted by molar-refractivity contribution is 0.0500. The maximum Gasteiger partial charge on any atom is 0.408 e. The fraction of sp³-hybridized carbons (Fsp3) is 0.500. The van der Waals surface area contributed by atoms with E-state index in [0.717, 1.165) is 12.0 Å². The Morgan fingerprint density at radius 2 is 1.78 bits per heavy atom. The zero-order valence-corrected chi connectivity index (χ0v) is 17.8. The topological polar surface area (TPSA) is 77.2 Å². The number of aryl methyl sites for hydroxylation is 1. The number of ether oxygens (including phenoxy) is 1. The molecule has 1 amide bonds. The Balaban J connectivity index is 2.24. The second kappa shape index (κ2) is 8.67. The third-order valence-electron chi connectivity index (χ3n) is 3.56. The van der Waals surface area contributed by atoms with E-state index in [-0.39, 0.29) is 11.7 Å². The Bertz CT molecular complexity index is 765. The van der Waals surface area contributed by atoms with E-state index in [1.165, 1.54) is 5.56 Å². The summed E-state index contributed by atoms with van der Waals surface area (Å²) in [4.78, 5) is 16.4. The molecule has 1 aromatic carbocycles. The molecular formula is C18H22Cl3N3O3. The summed E-state index contributed by atoms with van der Waals surface area (Å²) in [7, 11) is 0. The van der Waals surface area contributed by atoms with Crippen LogP contribution in [0.4, 0.5) is 4.79 Å². The number of aromatic nitrogens is 2. The molecule has 0 saturated heterocycles. The lowest BCUT2D eigenvalue weighted by Gasteiger charge is -2.22. The predicted molar refractivity (Wildman–Crippen MR) is 105 cm³/mol. The van der Waals surface area contributed by atoms with Gasteiger partial charge in [0.15, 0.2) is 5.82 Å². The summed E-state index contributed by atoms with van der Waals surface area (Å²) in [6.45, 7) is 7.42. The Hall–Kier alpha value is -1.50. The van der Waals surface area contributed by atoms with E-state index in [2.05, 4.69) is 22.4 Å². The lowest BCUT2D eigenvalue weighted by Crippen LogP contribution is -2.36. The summed E-state index contributed by atoms with van der Waals surface area (Å²) in [6, 6.07) is 7.42. The van der Waals surface area contributed by atoms with Gasteiger partial charge in [-0.2, -0.15) is 4.98 Å². The number of benzene rings is 1. The van der Waals surface area contributed by atoms with E-state index >= 15 is 0 Å². The smallest absolute Gasteiger partial charge is 0.408 e. The summed E-state index contributed by atoms with van der Waals surface area (Å²) in [5, 5.41) is 6.61. The molecule has 2 aromatic rings. The Labute approximate surface area is 173 Å². The molecule has 0 spiro atoms. The van der Waals surface area contributed by atoms with Crippen LogP contribution in [0.5, 0.6) is 0 Å². The highest BCUT2D eigenvalue weighted by Gasteiger charge is 2.33. The number of alkyl carbamates (subject to hydrolysis) is 1. The molecule has 0 fully saturated rings. The number of hydrogen-bond acceptors (Lipinski definition) is 5. The third kappa shape index (κ3) is 6.87. The van der Waals surface area contributed by atoms with Gasteiger partial charge in [-0.05, 0) is 38.3 Å². The molecule has 9 heteroatoms. The third-order valence-corrected chi connectivity index (χ3v) is 4.04. The van der Waals surface area contributed by atoms with Crippen LogP contribution in [-0.2, 0) is 21.4 Å². The van der Waals surface area contributed by atoms with Crippen molar-refractivity contribution in [3.8, 4) is 0 Å². The van der Waals surface area contributed by atoms with Crippen molar-refractivity contribution in [2.75, 3.05) is 0 Å². The van der Waals surface area contributed by atoms with Gasteiger partial charge in [0.1, 0.15) is 5.60 Å². The van der Waals surface area contributed by atoms with Crippen LogP contribution in [0, 0.1) is 0 Å². The number of hydrogen-bond donors (Lipinski definition) is 1. The summed E-state index contributed by atoms with van der Waals surface area (Å²) in [6.07, 6.45) is 0.761. The first kappa shape index (κ1) is 21.8. The van der Waals surface area contributed by atoms with Crippen molar-refractivity contribution >= 4 is 40.9 Å². The first-order chi connectivity index (χ1) is 12.5. The molecule has 0 unspecified atom stereocenters. The van der Waals surface area contributed by atoms with Crippen LogP contribution < -0.4 is 5.32 Å². The van der Waals surface area contributed by atoms with Crippen LogP contribution in [0.3, 0.4) is 0 Å². The highest BCUT2D eigenvalue weighted by Crippen LogP contribution is 2.37. The van der Waals surface area contributed by atoms with Gasteiger partial charge in [-0.1, -0.05) is 71.1 Å². The number of amides is 1. The van der Waals surface area contributed by atoms with Crippen molar-refractivity contribution in [1.29, 1.82) is 0 Å². The minimum Gasteiger partial charge on any atom is -0.444 e. The zero-order valence-electron chi connectivity index (χ0n) is 15.6. The summed E-state index contributed by atoms with van der Waals surface area (Å²) in [5.41, 5.74) is 1.55. The molecule has 0 radical (unpaired) electrons. The van der Waals surface area contributed by atoms with Gasteiger partial charge in [-0.3, -0.25) is 0 Å². The average Bonchev–Trinajstić information content (AvgIpc) is 3.03. The highest BCUT2D eigenvalue weighted by atomic mass is 35.6. The van der Waals surface area contributed by atoms with Crippen molar-refractivity contribution in [3.05, 3.63) is 47.1 Å². The molecule has 1 N–H and O–H groups in total. The van der Waals surface area contributed by atoms with Crippen molar-refractivity contribution < 1.29 is 14.1 Å². The van der Waals surface area contributed by atoms with E-state index in [0.29, 0.717) is 6.42 Å². The number of alkyl halides is 3. The fourth-order valence-corrected chi connectivity index (χ4v) is 2.53. The number of rotatable bonds is 5. The molecule has 148 valence electrons. The van der Waals surface area contributed by atoms with Gasteiger partial charge >= 0.3 is 6.09 Å². The largest absolute Gasteiger partial charge is 0.444 e. The number of nitrogens with zero attached hydrogens (tertiary/aromatic N) is 2. The number of carbonyl (C=O) groups is 1. The maximum absolute atomic E-state index is 12.2. The van der Waals surface area contributed by atoms with Gasteiger partial charge in [-0.15, -0.1) is 0 Å². The number of nitrogens with one attached hydrogen (secondary N) is 1. The molecule has 0 aliphatic rings. The molecule has 0 saturated carbocycles. The number of halogens is 3. The molecular weight excluding hydrogens is 413 g/mol. The first-order valence-corrected chi connectivity index (χ1v) is 9.59. The van der Waals surface area contributed by atoms with E-state index in [4.69, 9.17) is 44.1 Å². The summed E-state index contributed by atoms with van der Waals surface area (Å²) in [5.74, 6) is 0.0292. The van der Waals surface area contributed by atoms with Crippen LogP contribution in [0.1, 0.15) is 56.6 Å². The SMILES string of the molecule is CCc1ccc(C[C@H](NC(=O)OC(C)(C)C)c2noc(C(Cl)(Cl)Cl)n2)cc1. The second-order valence-electron chi connectivity index (χ2n) is 7.03. The minimum absolute atomic E-state index is 0.167. The van der Waals surface area contributed by atoms with E-state index < -0.39 is 21.5 Å².